The minimum Gasteiger partial charge on any atom is -0.493 e. The van der Waals surface area contributed by atoms with E-state index in [1.54, 1.807) is 7.11 Å². The second-order valence-corrected chi connectivity index (χ2v) is 11.6. The van der Waals surface area contributed by atoms with Crippen molar-refractivity contribution in [1.29, 1.82) is 0 Å². The highest BCUT2D eigenvalue weighted by atomic mass is 16.5. The lowest BCUT2D eigenvalue weighted by Gasteiger charge is -2.26. The lowest BCUT2D eigenvalue weighted by molar-refractivity contribution is -0.119. The predicted octanol–water partition coefficient (Wildman–Crippen LogP) is 7.92. The third-order valence-electron chi connectivity index (χ3n) is 8.48. The van der Waals surface area contributed by atoms with Crippen LogP contribution in [0.1, 0.15) is 135 Å². The van der Waals surface area contributed by atoms with Gasteiger partial charge in [-0.3, -0.25) is 4.79 Å². The number of hydrogen-bond donors (Lipinski definition) is 2. The standard InChI is InChI=1S/C16H21NO3.C11H20O.C5H13N.C2H6/c1-19-14-7-6-11(12-9-16(18)17-10-12)8-15(14)20-13-4-2-3-5-13;1-9-7-8-11(12-9)10-5-3-2-4-6-10;1-2-3-4-5-6;1-2/h6-8,12-13H,2-5,9-10H2,1H3,(H,17,18);9-11H,2-8H2,1H3;2-6H2,1H3;1-2H3. The molecule has 0 bridgehead atoms. The maximum absolute atomic E-state index is 11.3. The first-order valence-corrected chi connectivity index (χ1v) is 16.5. The summed E-state index contributed by atoms with van der Waals surface area (Å²) in [5.41, 5.74) is 6.36. The van der Waals surface area contributed by atoms with Gasteiger partial charge in [0.25, 0.3) is 0 Å². The molecule has 3 unspecified atom stereocenters. The Labute approximate surface area is 245 Å². The van der Waals surface area contributed by atoms with Crippen LogP contribution in [0.25, 0.3) is 0 Å². The molecule has 2 aliphatic carbocycles. The Morgan fingerprint density at radius 1 is 0.950 bits per heavy atom. The summed E-state index contributed by atoms with van der Waals surface area (Å²) in [6.45, 7) is 9.96. The van der Waals surface area contributed by atoms with Crippen LogP contribution >= 0.6 is 0 Å². The van der Waals surface area contributed by atoms with E-state index in [4.69, 9.17) is 19.9 Å². The Balaban J connectivity index is 0.000000237. The fraction of sp³-hybridized carbons (Fsp3) is 0.794. The highest BCUT2D eigenvalue weighted by molar-refractivity contribution is 5.79. The molecule has 0 spiro atoms. The summed E-state index contributed by atoms with van der Waals surface area (Å²) in [6, 6.07) is 6.02. The average molecular weight is 561 g/mol. The first-order chi connectivity index (χ1) is 19.5. The van der Waals surface area contributed by atoms with Gasteiger partial charge in [0.1, 0.15) is 0 Å². The molecule has 6 nitrogen and oxygen atoms in total. The summed E-state index contributed by atoms with van der Waals surface area (Å²) < 4.78 is 17.4. The van der Waals surface area contributed by atoms with Crippen molar-refractivity contribution in [2.75, 3.05) is 20.2 Å². The quantitative estimate of drug-likeness (QED) is 0.316. The van der Waals surface area contributed by atoms with E-state index < -0.39 is 0 Å². The van der Waals surface area contributed by atoms with Gasteiger partial charge >= 0.3 is 0 Å². The Hall–Kier alpha value is -1.79. The number of amides is 1. The van der Waals surface area contributed by atoms with Crippen molar-refractivity contribution in [1.82, 2.24) is 5.32 Å². The average Bonchev–Trinajstić information content (AvgIpc) is 3.77. The van der Waals surface area contributed by atoms with Crippen LogP contribution in [0.15, 0.2) is 18.2 Å². The van der Waals surface area contributed by atoms with E-state index in [0.717, 1.165) is 42.4 Å². The maximum Gasteiger partial charge on any atom is 0.220 e. The number of hydrogen-bond acceptors (Lipinski definition) is 5. The number of carbonyl (C=O) groups is 1. The fourth-order valence-electron chi connectivity index (χ4n) is 6.15. The van der Waals surface area contributed by atoms with Crippen LogP contribution in [0.3, 0.4) is 0 Å². The molecule has 230 valence electrons. The minimum atomic E-state index is 0.129. The molecule has 6 heteroatoms. The summed E-state index contributed by atoms with van der Waals surface area (Å²) in [6.07, 6.45) is 20.3. The van der Waals surface area contributed by atoms with Crippen molar-refractivity contribution in [3.8, 4) is 11.5 Å². The number of methoxy groups -OCH3 is 1. The lowest BCUT2D eigenvalue weighted by atomic mass is 9.84. The molecule has 40 heavy (non-hydrogen) atoms. The summed E-state index contributed by atoms with van der Waals surface area (Å²) in [7, 11) is 1.66. The molecule has 0 aromatic heterocycles. The van der Waals surface area contributed by atoms with E-state index in [1.807, 2.05) is 32.0 Å². The van der Waals surface area contributed by atoms with Crippen molar-refractivity contribution < 1.29 is 19.0 Å². The van der Waals surface area contributed by atoms with Gasteiger partial charge in [0, 0.05) is 18.9 Å². The second kappa shape index (κ2) is 20.1. The monoisotopic (exact) mass is 560 g/mol. The molecule has 2 saturated heterocycles. The summed E-state index contributed by atoms with van der Waals surface area (Å²) in [5.74, 6) is 2.88. The molecule has 3 atom stereocenters. The first kappa shape index (κ1) is 34.4. The molecule has 5 rings (SSSR count). The largest absolute Gasteiger partial charge is 0.493 e. The van der Waals surface area contributed by atoms with Crippen LogP contribution in [0.5, 0.6) is 11.5 Å². The summed E-state index contributed by atoms with van der Waals surface area (Å²) in [4.78, 5) is 11.3. The second-order valence-electron chi connectivity index (χ2n) is 11.6. The fourth-order valence-corrected chi connectivity index (χ4v) is 6.15. The number of carbonyl (C=O) groups excluding carboxylic acids is 1. The number of rotatable bonds is 8. The van der Waals surface area contributed by atoms with E-state index in [-0.39, 0.29) is 11.8 Å². The Bertz CT molecular complexity index is 798. The number of unbranched alkanes of at least 4 members (excludes halogenated alkanes) is 2. The Kier molecular flexibility index (Phi) is 17.3. The number of nitrogens with one attached hydrogen (secondary N) is 1. The smallest absolute Gasteiger partial charge is 0.220 e. The number of ether oxygens (including phenoxy) is 3. The van der Waals surface area contributed by atoms with Gasteiger partial charge in [0.05, 0.1) is 25.4 Å². The molecule has 2 heterocycles. The molecule has 4 aliphatic rings. The summed E-state index contributed by atoms with van der Waals surface area (Å²) in [5, 5.41) is 2.88. The molecular formula is C34H60N2O4. The third-order valence-corrected chi connectivity index (χ3v) is 8.48. The van der Waals surface area contributed by atoms with Gasteiger partial charge in [-0.15, -0.1) is 0 Å². The molecule has 4 fully saturated rings. The predicted molar refractivity (Wildman–Crippen MR) is 166 cm³/mol. The molecule has 2 aliphatic heterocycles. The number of benzene rings is 1. The van der Waals surface area contributed by atoms with Gasteiger partial charge in [-0.1, -0.05) is 58.9 Å². The van der Waals surface area contributed by atoms with Crippen LogP contribution in [-0.2, 0) is 9.53 Å². The van der Waals surface area contributed by atoms with Crippen molar-refractivity contribution in [2.45, 2.75) is 148 Å². The van der Waals surface area contributed by atoms with Gasteiger partial charge < -0.3 is 25.3 Å². The minimum absolute atomic E-state index is 0.129. The van der Waals surface area contributed by atoms with Gasteiger partial charge in [0.15, 0.2) is 11.5 Å². The zero-order valence-electron chi connectivity index (χ0n) is 26.3. The maximum atomic E-state index is 11.3. The van der Waals surface area contributed by atoms with Crippen LogP contribution in [0, 0.1) is 5.92 Å². The van der Waals surface area contributed by atoms with Crippen molar-refractivity contribution in [3.63, 3.8) is 0 Å². The van der Waals surface area contributed by atoms with Gasteiger partial charge in [-0.05, 0) is 94.9 Å². The van der Waals surface area contributed by atoms with Crippen LogP contribution in [0.2, 0.25) is 0 Å². The summed E-state index contributed by atoms with van der Waals surface area (Å²) >= 11 is 0. The molecule has 3 N–H and O–H groups in total. The molecule has 1 aromatic carbocycles. The third kappa shape index (κ3) is 12.0. The Morgan fingerprint density at radius 2 is 1.65 bits per heavy atom. The van der Waals surface area contributed by atoms with Crippen molar-refractivity contribution >= 4 is 5.91 Å². The normalized spacial score (nSPS) is 24.6. The lowest BCUT2D eigenvalue weighted by Crippen LogP contribution is -2.22. The zero-order valence-corrected chi connectivity index (χ0v) is 26.3. The molecule has 1 aromatic rings. The SMILES string of the molecule is CC.CC1CCC(C2CCCCC2)O1.CCCCCN.COc1ccc(C2CNC(=O)C2)cc1OC1CCCC1. The topological polar surface area (TPSA) is 82.8 Å². The highest BCUT2D eigenvalue weighted by Crippen LogP contribution is 2.36. The van der Waals surface area contributed by atoms with Crippen molar-refractivity contribution in [3.05, 3.63) is 23.8 Å². The van der Waals surface area contributed by atoms with Crippen LogP contribution < -0.4 is 20.5 Å². The van der Waals surface area contributed by atoms with E-state index >= 15 is 0 Å². The van der Waals surface area contributed by atoms with E-state index in [2.05, 4.69) is 19.2 Å². The van der Waals surface area contributed by atoms with E-state index in [1.165, 1.54) is 77.0 Å². The van der Waals surface area contributed by atoms with Gasteiger partial charge in [-0.25, -0.2) is 0 Å². The number of nitrogens with two attached hydrogens (primary N) is 1. The first-order valence-electron chi connectivity index (χ1n) is 16.5. The van der Waals surface area contributed by atoms with Crippen molar-refractivity contribution in [2.24, 2.45) is 11.7 Å². The highest BCUT2D eigenvalue weighted by Gasteiger charge is 2.30. The van der Waals surface area contributed by atoms with E-state index in [9.17, 15) is 4.79 Å². The van der Waals surface area contributed by atoms with Gasteiger partial charge in [-0.2, -0.15) is 0 Å². The van der Waals surface area contributed by atoms with E-state index in [0.29, 0.717) is 31.3 Å². The van der Waals surface area contributed by atoms with Crippen LogP contribution in [-0.4, -0.2) is 44.4 Å². The van der Waals surface area contributed by atoms with Gasteiger partial charge in [0.2, 0.25) is 5.91 Å². The molecular weight excluding hydrogens is 500 g/mol. The Morgan fingerprint density at radius 3 is 2.17 bits per heavy atom. The molecule has 1 amide bonds. The molecule has 2 saturated carbocycles. The zero-order chi connectivity index (χ0) is 29.2. The van der Waals surface area contributed by atoms with Crippen LogP contribution in [0.4, 0.5) is 0 Å². The molecule has 0 radical (unpaired) electrons.